The smallest absolute Gasteiger partial charge is 0.245 e. The van der Waals surface area contributed by atoms with Gasteiger partial charge in [0.25, 0.3) is 0 Å². The molecular formula is C16H19N5O2. The van der Waals surface area contributed by atoms with Gasteiger partial charge in [-0.25, -0.2) is 4.52 Å². The molecule has 0 atom stereocenters. The molecule has 0 unspecified atom stereocenters. The molecule has 4 heterocycles. The van der Waals surface area contributed by atoms with Crippen LogP contribution in [0.25, 0.3) is 16.4 Å². The van der Waals surface area contributed by atoms with E-state index in [1.54, 1.807) is 0 Å². The van der Waals surface area contributed by atoms with Crippen LogP contribution in [0.3, 0.4) is 0 Å². The Balaban J connectivity index is 1.95. The Morgan fingerprint density at radius 1 is 1.17 bits per heavy atom. The minimum absolute atomic E-state index is 0.0281. The second-order valence-electron chi connectivity index (χ2n) is 5.85. The third-order valence-electron chi connectivity index (χ3n) is 3.86. The molecular weight excluding hydrogens is 294 g/mol. The largest absolute Gasteiger partial charge is 0.473 e. The number of aromatic nitrogens is 4. The fraction of sp³-hybridized carbons (Fsp3) is 0.438. The summed E-state index contributed by atoms with van der Waals surface area (Å²) in [6.45, 7) is 6.94. The van der Waals surface area contributed by atoms with Crippen molar-refractivity contribution in [1.29, 1.82) is 0 Å². The third-order valence-corrected chi connectivity index (χ3v) is 3.86. The van der Waals surface area contributed by atoms with Crippen molar-refractivity contribution in [2.45, 2.75) is 20.0 Å². The molecule has 0 aromatic carbocycles. The van der Waals surface area contributed by atoms with Crippen molar-refractivity contribution in [3.8, 4) is 5.88 Å². The van der Waals surface area contributed by atoms with Crippen molar-refractivity contribution < 1.29 is 9.47 Å². The first kappa shape index (κ1) is 14.2. The van der Waals surface area contributed by atoms with E-state index in [0.29, 0.717) is 19.1 Å². The van der Waals surface area contributed by atoms with Crippen molar-refractivity contribution in [1.82, 2.24) is 19.8 Å². The van der Waals surface area contributed by atoms with Crippen LogP contribution in [0, 0.1) is 0 Å². The molecule has 1 saturated heterocycles. The SMILES string of the molecule is CC(C)Oc1nnc(N2CCOCC2)c2nn3ccccc3c12. The highest BCUT2D eigenvalue weighted by molar-refractivity contribution is 6.02. The van der Waals surface area contributed by atoms with E-state index in [2.05, 4.69) is 15.1 Å². The van der Waals surface area contributed by atoms with Gasteiger partial charge >= 0.3 is 0 Å². The molecule has 0 radical (unpaired) electrons. The van der Waals surface area contributed by atoms with Gasteiger partial charge in [0, 0.05) is 19.3 Å². The maximum absolute atomic E-state index is 5.87. The lowest BCUT2D eigenvalue weighted by atomic mass is 10.2. The Morgan fingerprint density at radius 2 is 2.00 bits per heavy atom. The highest BCUT2D eigenvalue weighted by atomic mass is 16.5. The molecule has 0 aliphatic carbocycles. The Kier molecular flexibility index (Phi) is 3.49. The molecule has 7 heteroatoms. The highest BCUT2D eigenvalue weighted by Crippen LogP contribution is 2.33. The lowest BCUT2D eigenvalue weighted by Crippen LogP contribution is -2.37. The van der Waals surface area contributed by atoms with E-state index in [9.17, 15) is 0 Å². The maximum Gasteiger partial charge on any atom is 0.245 e. The van der Waals surface area contributed by atoms with Crippen LogP contribution in [-0.2, 0) is 4.74 Å². The topological polar surface area (TPSA) is 64.8 Å². The number of morpholine rings is 1. The summed E-state index contributed by atoms with van der Waals surface area (Å²) >= 11 is 0. The van der Waals surface area contributed by atoms with Gasteiger partial charge in [0.2, 0.25) is 5.88 Å². The van der Waals surface area contributed by atoms with E-state index >= 15 is 0 Å². The maximum atomic E-state index is 5.87. The van der Waals surface area contributed by atoms with Crippen molar-refractivity contribution in [2.75, 3.05) is 31.2 Å². The number of pyridine rings is 1. The number of anilines is 1. The van der Waals surface area contributed by atoms with Crippen molar-refractivity contribution in [3.63, 3.8) is 0 Å². The van der Waals surface area contributed by atoms with Gasteiger partial charge in [-0.05, 0) is 26.0 Å². The average Bonchev–Trinajstić information content (AvgIpc) is 2.95. The average molecular weight is 313 g/mol. The molecule has 0 saturated carbocycles. The van der Waals surface area contributed by atoms with Crippen LogP contribution in [0.1, 0.15) is 13.8 Å². The Morgan fingerprint density at radius 3 is 2.78 bits per heavy atom. The second kappa shape index (κ2) is 5.66. The number of rotatable bonds is 3. The molecule has 120 valence electrons. The summed E-state index contributed by atoms with van der Waals surface area (Å²) in [7, 11) is 0. The van der Waals surface area contributed by atoms with E-state index in [4.69, 9.17) is 14.6 Å². The van der Waals surface area contributed by atoms with Gasteiger partial charge in [0.05, 0.1) is 30.2 Å². The van der Waals surface area contributed by atoms with Crippen LogP contribution < -0.4 is 9.64 Å². The monoisotopic (exact) mass is 313 g/mol. The van der Waals surface area contributed by atoms with Gasteiger partial charge in [-0.1, -0.05) is 6.07 Å². The molecule has 0 amide bonds. The molecule has 4 rings (SSSR count). The number of fused-ring (bicyclic) bond motifs is 3. The molecule has 0 bridgehead atoms. The molecule has 3 aromatic heterocycles. The third kappa shape index (κ3) is 2.46. The number of hydrogen-bond donors (Lipinski definition) is 0. The highest BCUT2D eigenvalue weighted by Gasteiger charge is 2.22. The number of hydrogen-bond acceptors (Lipinski definition) is 6. The Hall–Kier alpha value is -2.41. The minimum Gasteiger partial charge on any atom is -0.473 e. The van der Waals surface area contributed by atoms with Crippen LogP contribution in [-0.4, -0.2) is 52.2 Å². The summed E-state index contributed by atoms with van der Waals surface area (Å²) in [5.41, 5.74) is 1.80. The van der Waals surface area contributed by atoms with E-state index in [1.165, 1.54) is 0 Å². The summed E-state index contributed by atoms with van der Waals surface area (Å²) in [6.07, 6.45) is 1.96. The predicted molar refractivity (Wildman–Crippen MR) is 87.1 cm³/mol. The summed E-state index contributed by atoms with van der Waals surface area (Å²) < 4.78 is 13.1. The normalized spacial score (nSPS) is 15.7. The zero-order valence-electron chi connectivity index (χ0n) is 13.3. The van der Waals surface area contributed by atoms with Crippen LogP contribution in [0.5, 0.6) is 5.88 Å². The van der Waals surface area contributed by atoms with Crippen LogP contribution in [0.15, 0.2) is 24.4 Å². The van der Waals surface area contributed by atoms with Crippen LogP contribution in [0.4, 0.5) is 5.82 Å². The fourth-order valence-electron chi connectivity index (χ4n) is 2.85. The van der Waals surface area contributed by atoms with E-state index in [1.807, 2.05) is 42.8 Å². The summed E-state index contributed by atoms with van der Waals surface area (Å²) in [5, 5.41) is 14.4. The zero-order valence-corrected chi connectivity index (χ0v) is 13.3. The quantitative estimate of drug-likeness (QED) is 0.736. The summed E-state index contributed by atoms with van der Waals surface area (Å²) in [4.78, 5) is 2.17. The predicted octanol–water partition coefficient (Wildman–Crippen LogP) is 1.90. The van der Waals surface area contributed by atoms with E-state index in [0.717, 1.165) is 35.3 Å². The standard InChI is InChI=1S/C16H19N5O2/c1-11(2)23-16-13-12-5-3-4-6-21(12)19-14(13)15(17-18-16)20-7-9-22-10-8-20/h3-6,11H,7-10H2,1-2H3. The summed E-state index contributed by atoms with van der Waals surface area (Å²) in [6, 6.07) is 5.97. The first-order valence-corrected chi connectivity index (χ1v) is 7.87. The first-order valence-electron chi connectivity index (χ1n) is 7.87. The first-order chi connectivity index (χ1) is 11.2. The molecule has 3 aromatic rings. The fourth-order valence-corrected chi connectivity index (χ4v) is 2.85. The van der Waals surface area contributed by atoms with Gasteiger partial charge in [0.15, 0.2) is 5.82 Å². The van der Waals surface area contributed by atoms with Crippen LogP contribution in [0.2, 0.25) is 0 Å². The molecule has 0 spiro atoms. The Bertz CT molecular complexity index is 839. The van der Waals surface area contributed by atoms with E-state index in [-0.39, 0.29) is 6.10 Å². The molecule has 1 aliphatic heterocycles. The number of ether oxygens (including phenoxy) is 2. The van der Waals surface area contributed by atoms with Crippen LogP contribution >= 0.6 is 0 Å². The lowest BCUT2D eigenvalue weighted by Gasteiger charge is -2.27. The zero-order chi connectivity index (χ0) is 15.8. The second-order valence-corrected chi connectivity index (χ2v) is 5.85. The molecule has 0 N–H and O–H groups in total. The van der Waals surface area contributed by atoms with Gasteiger partial charge in [-0.15, -0.1) is 10.2 Å². The lowest BCUT2D eigenvalue weighted by molar-refractivity contribution is 0.122. The molecule has 1 fully saturated rings. The van der Waals surface area contributed by atoms with Gasteiger partial charge in [-0.2, -0.15) is 5.10 Å². The van der Waals surface area contributed by atoms with Gasteiger partial charge in [0.1, 0.15) is 5.52 Å². The number of nitrogens with zero attached hydrogens (tertiary/aromatic N) is 5. The molecule has 1 aliphatic rings. The summed E-state index contributed by atoms with van der Waals surface area (Å²) in [5.74, 6) is 1.33. The molecule has 7 nitrogen and oxygen atoms in total. The Labute approximate surface area is 133 Å². The van der Waals surface area contributed by atoms with Crippen molar-refractivity contribution in [2.24, 2.45) is 0 Å². The van der Waals surface area contributed by atoms with E-state index < -0.39 is 0 Å². The van der Waals surface area contributed by atoms with Gasteiger partial charge in [-0.3, -0.25) is 0 Å². The minimum atomic E-state index is 0.0281. The van der Waals surface area contributed by atoms with Crippen molar-refractivity contribution in [3.05, 3.63) is 24.4 Å². The molecule has 23 heavy (non-hydrogen) atoms. The van der Waals surface area contributed by atoms with Crippen molar-refractivity contribution >= 4 is 22.2 Å². The van der Waals surface area contributed by atoms with Gasteiger partial charge < -0.3 is 14.4 Å².